The van der Waals surface area contributed by atoms with Crippen LogP contribution in [0.2, 0.25) is 0 Å². The Labute approximate surface area is 222 Å². The van der Waals surface area contributed by atoms with Gasteiger partial charge in [0.2, 0.25) is 0 Å². The van der Waals surface area contributed by atoms with Crippen molar-refractivity contribution in [1.82, 2.24) is 9.80 Å². The Morgan fingerprint density at radius 2 is 2.03 bits per heavy atom. The second kappa shape index (κ2) is 11.3. The Bertz CT molecular complexity index is 1360. The van der Waals surface area contributed by atoms with Crippen LogP contribution in [0.1, 0.15) is 35.1 Å². The number of likely N-dealkylation sites (tertiary alicyclic amines) is 1. The molecular formula is C27H25F3N4O3S. The van der Waals surface area contributed by atoms with Crippen LogP contribution in [0, 0.1) is 17.4 Å². The first-order valence-corrected chi connectivity index (χ1v) is 12.5. The van der Waals surface area contributed by atoms with Crippen molar-refractivity contribution >= 4 is 40.9 Å². The first-order chi connectivity index (χ1) is 18.1. The number of ether oxygens (including phenoxy) is 1. The molecule has 2 fully saturated rings. The van der Waals surface area contributed by atoms with Crippen LogP contribution in [0.3, 0.4) is 0 Å². The summed E-state index contributed by atoms with van der Waals surface area (Å²) in [4.78, 5) is 28.4. The van der Waals surface area contributed by atoms with Gasteiger partial charge in [-0.1, -0.05) is 18.1 Å². The molecule has 198 valence electrons. The lowest BCUT2D eigenvalue weighted by atomic mass is 10.1. The fraction of sp³-hybridized carbons (Fsp3) is 0.296. The number of hydrogen-bond acceptors (Lipinski definition) is 7. The van der Waals surface area contributed by atoms with E-state index in [0.29, 0.717) is 16.8 Å². The molecule has 0 radical (unpaired) electrons. The van der Waals surface area contributed by atoms with Crippen LogP contribution in [0.25, 0.3) is 6.08 Å². The highest BCUT2D eigenvalue weighted by Gasteiger charge is 2.35. The standard InChI is InChI=1S/C27H25F3N4O3S/c1-33-10-3-4-20(33)9-11-34-25(35)24(38-26(34)36)13-17-5-8-23(19(12-17)15-31)32-16-18-6-7-21(37-2)14-22(18)27(28,29)30/h5-8,12-15,20,31-32H,3-4,10,16H2,1-2H3/b24-13-,31-15?. The third-order valence-corrected chi connectivity index (χ3v) is 7.15. The number of thioether (sulfide) groups is 1. The number of rotatable bonds is 6. The van der Waals surface area contributed by atoms with Gasteiger partial charge in [0.15, 0.2) is 0 Å². The number of carbonyl (C=O) groups is 2. The molecule has 1 unspecified atom stereocenters. The van der Waals surface area contributed by atoms with E-state index >= 15 is 0 Å². The number of alkyl halides is 3. The summed E-state index contributed by atoms with van der Waals surface area (Å²) in [6.07, 6.45) is -0.0517. The molecule has 2 aromatic carbocycles. The first-order valence-electron chi connectivity index (χ1n) is 11.7. The van der Waals surface area contributed by atoms with Crippen molar-refractivity contribution in [2.75, 3.05) is 26.0 Å². The summed E-state index contributed by atoms with van der Waals surface area (Å²) in [5.74, 6) is 2.59. The number of nitrogens with one attached hydrogen (secondary N) is 2. The van der Waals surface area contributed by atoms with Crippen LogP contribution in [-0.4, -0.2) is 53.9 Å². The molecule has 4 rings (SSSR count). The predicted molar refractivity (Wildman–Crippen MR) is 141 cm³/mol. The van der Waals surface area contributed by atoms with E-state index in [1.54, 1.807) is 18.2 Å². The maximum absolute atomic E-state index is 13.5. The van der Waals surface area contributed by atoms with Gasteiger partial charge in [0.1, 0.15) is 5.75 Å². The Hall–Kier alpha value is -3.75. The zero-order valence-electron chi connectivity index (χ0n) is 20.7. The molecular weight excluding hydrogens is 517 g/mol. The lowest BCUT2D eigenvalue weighted by molar-refractivity contribution is -0.138. The van der Waals surface area contributed by atoms with Gasteiger partial charge in [-0.2, -0.15) is 18.1 Å². The maximum atomic E-state index is 13.5. The molecule has 38 heavy (non-hydrogen) atoms. The van der Waals surface area contributed by atoms with Gasteiger partial charge in [0, 0.05) is 30.1 Å². The third-order valence-electron chi connectivity index (χ3n) is 6.28. The molecule has 0 bridgehead atoms. The van der Waals surface area contributed by atoms with Gasteiger partial charge in [-0.15, -0.1) is 0 Å². The second-order valence-electron chi connectivity index (χ2n) is 8.78. The van der Waals surface area contributed by atoms with Gasteiger partial charge < -0.3 is 15.5 Å². The van der Waals surface area contributed by atoms with Crippen LogP contribution in [0.15, 0.2) is 41.3 Å². The highest BCUT2D eigenvalue weighted by molar-refractivity contribution is 8.18. The van der Waals surface area contributed by atoms with Crippen molar-refractivity contribution in [3.63, 3.8) is 0 Å². The fourth-order valence-corrected chi connectivity index (χ4v) is 4.97. The molecule has 2 aromatic rings. The number of benzene rings is 2. The molecule has 2 aliphatic rings. The highest BCUT2D eigenvalue weighted by atomic mass is 32.2. The van der Waals surface area contributed by atoms with Crippen LogP contribution >= 0.6 is 11.8 Å². The van der Waals surface area contributed by atoms with Gasteiger partial charge in [-0.25, -0.2) is 0 Å². The zero-order chi connectivity index (χ0) is 27.4. The number of anilines is 1. The van der Waals surface area contributed by atoms with E-state index in [0.717, 1.165) is 48.3 Å². The van der Waals surface area contributed by atoms with Crippen molar-refractivity contribution in [2.24, 2.45) is 0 Å². The molecule has 2 aliphatic heterocycles. The van der Waals surface area contributed by atoms with Crippen molar-refractivity contribution in [1.29, 1.82) is 5.41 Å². The van der Waals surface area contributed by atoms with E-state index in [-0.39, 0.29) is 28.8 Å². The van der Waals surface area contributed by atoms with E-state index in [4.69, 9.17) is 10.1 Å². The van der Waals surface area contributed by atoms with Crippen molar-refractivity contribution in [3.8, 4) is 17.7 Å². The Morgan fingerprint density at radius 1 is 1.24 bits per heavy atom. The van der Waals surface area contributed by atoms with Gasteiger partial charge >= 0.3 is 11.4 Å². The lowest BCUT2D eigenvalue weighted by Gasteiger charge is -2.16. The molecule has 0 aliphatic carbocycles. The largest absolute Gasteiger partial charge is 0.497 e. The summed E-state index contributed by atoms with van der Waals surface area (Å²) in [5, 5.41) is 10.2. The van der Waals surface area contributed by atoms with Crippen molar-refractivity contribution in [3.05, 3.63) is 63.6 Å². The lowest BCUT2D eigenvalue weighted by Crippen LogP contribution is -2.26. The Kier molecular flexibility index (Phi) is 8.14. The summed E-state index contributed by atoms with van der Waals surface area (Å²) >= 11 is 0.785. The van der Waals surface area contributed by atoms with Crippen LogP contribution in [0.4, 0.5) is 23.7 Å². The van der Waals surface area contributed by atoms with Gasteiger partial charge in [-0.3, -0.25) is 14.5 Å². The zero-order valence-corrected chi connectivity index (χ0v) is 21.5. The van der Waals surface area contributed by atoms with Crippen molar-refractivity contribution < 1.29 is 27.5 Å². The summed E-state index contributed by atoms with van der Waals surface area (Å²) in [5.41, 5.74) is 0.626. The minimum atomic E-state index is -4.56. The van der Waals surface area contributed by atoms with E-state index in [2.05, 4.69) is 22.2 Å². The van der Waals surface area contributed by atoms with E-state index in [1.165, 1.54) is 25.3 Å². The molecule has 0 spiro atoms. The fourth-order valence-electron chi connectivity index (χ4n) is 4.19. The smallest absolute Gasteiger partial charge is 0.416 e. The van der Waals surface area contributed by atoms with E-state index in [1.807, 2.05) is 7.05 Å². The predicted octanol–water partition coefficient (Wildman–Crippen LogP) is 5.42. The number of halogens is 3. The topological polar surface area (TPSA) is 85.7 Å². The number of amides is 2. The monoisotopic (exact) mass is 542 g/mol. The molecule has 2 N–H and O–H groups in total. The Balaban J connectivity index is 1.50. The average molecular weight is 543 g/mol. The number of methoxy groups -OCH3 is 1. The quantitative estimate of drug-likeness (QED) is 0.288. The maximum Gasteiger partial charge on any atom is 0.416 e. The van der Waals surface area contributed by atoms with Gasteiger partial charge in [0.05, 0.1) is 23.6 Å². The molecule has 2 saturated heterocycles. The number of imide groups is 1. The van der Waals surface area contributed by atoms with Crippen LogP contribution in [0.5, 0.6) is 5.75 Å². The van der Waals surface area contributed by atoms with Gasteiger partial charge in [0.25, 0.3) is 5.91 Å². The molecule has 2 heterocycles. The molecule has 11 heteroatoms. The van der Waals surface area contributed by atoms with Gasteiger partial charge in [-0.05, 0) is 79.7 Å². The third kappa shape index (κ3) is 6.03. The van der Waals surface area contributed by atoms with E-state index < -0.39 is 22.9 Å². The van der Waals surface area contributed by atoms with Crippen LogP contribution in [-0.2, 0) is 17.5 Å². The number of carbonyl (C=O) groups excluding carboxylic acids is 2. The van der Waals surface area contributed by atoms with E-state index in [9.17, 15) is 22.8 Å². The average Bonchev–Trinajstić information content (AvgIpc) is 3.42. The highest BCUT2D eigenvalue weighted by Crippen LogP contribution is 2.35. The summed E-state index contributed by atoms with van der Waals surface area (Å²) in [6.45, 7) is 0.789. The SMILES string of the molecule is COc1ccc(CNc2ccc(/C=C3\SC(=O)N(C#CC4CCCN4C)C3=O)cc2C=N)c(C(F)(F)F)c1. The molecule has 1 atom stereocenters. The number of hydrogen-bond donors (Lipinski definition) is 2. The summed E-state index contributed by atoms with van der Waals surface area (Å²) < 4.78 is 45.5. The summed E-state index contributed by atoms with van der Waals surface area (Å²) in [6, 6.07) is 11.3. The first kappa shape index (κ1) is 27.3. The van der Waals surface area contributed by atoms with Crippen LogP contribution < -0.4 is 10.1 Å². The summed E-state index contributed by atoms with van der Waals surface area (Å²) in [7, 11) is 3.25. The normalized spacial score (nSPS) is 19.0. The molecule has 2 amide bonds. The molecule has 0 saturated carbocycles. The second-order valence-corrected chi connectivity index (χ2v) is 9.77. The van der Waals surface area contributed by atoms with Crippen molar-refractivity contribution in [2.45, 2.75) is 31.6 Å². The Morgan fingerprint density at radius 3 is 2.68 bits per heavy atom. The minimum absolute atomic E-state index is 0.00829. The minimum Gasteiger partial charge on any atom is -0.497 e. The molecule has 7 nitrogen and oxygen atoms in total. The number of nitrogens with zero attached hydrogens (tertiary/aromatic N) is 2. The molecule has 0 aromatic heterocycles.